The van der Waals surface area contributed by atoms with Gasteiger partial charge in [-0.05, 0) is 34.9 Å². The number of nitrogens with zero attached hydrogens (tertiary/aromatic N) is 2. The number of alkyl halides is 3. The van der Waals surface area contributed by atoms with Crippen LogP contribution in [0.25, 0.3) is 0 Å². The Kier molecular flexibility index (Phi) is 6.79. The van der Waals surface area contributed by atoms with Crippen LogP contribution in [0.3, 0.4) is 0 Å². The third kappa shape index (κ3) is 4.93. The number of rotatable bonds is 5. The molecule has 0 unspecified atom stereocenters. The van der Waals surface area contributed by atoms with Crippen LogP contribution in [-0.4, -0.2) is 41.1 Å². The molecule has 198 valence electrons. The highest BCUT2D eigenvalue weighted by molar-refractivity contribution is 6.34. The zero-order chi connectivity index (χ0) is 27.1. The quantitative estimate of drug-likeness (QED) is 0.388. The Hall–Kier alpha value is -3.27. The average Bonchev–Trinajstić information content (AvgIpc) is 3.33. The molecule has 2 aliphatic rings. The van der Waals surface area contributed by atoms with Crippen molar-refractivity contribution >= 4 is 35.0 Å². The Labute approximate surface area is 226 Å². The van der Waals surface area contributed by atoms with E-state index in [9.17, 15) is 23.1 Å². The molecule has 1 fully saturated rings. The Morgan fingerprint density at radius 2 is 1.63 bits per heavy atom. The monoisotopic (exact) mass is 564 g/mol. The second-order valence-corrected chi connectivity index (χ2v) is 10.2. The van der Waals surface area contributed by atoms with Gasteiger partial charge < -0.3 is 19.6 Å². The lowest BCUT2D eigenvalue weighted by molar-refractivity contribution is -0.275. The number of carbonyl (C=O) groups is 1. The fourth-order valence-electron chi connectivity index (χ4n) is 4.53. The maximum Gasteiger partial charge on any atom is 0.435 e. The van der Waals surface area contributed by atoms with Gasteiger partial charge in [0, 0.05) is 22.0 Å². The number of benzene rings is 3. The van der Waals surface area contributed by atoms with Gasteiger partial charge >= 0.3 is 12.3 Å². The number of hydrogen-bond acceptors (Lipinski definition) is 5. The van der Waals surface area contributed by atoms with E-state index in [-0.39, 0.29) is 41.0 Å². The third-order valence-electron chi connectivity index (χ3n) is 6.64. The van der Waals surface area contributed by atoms with E-state index in [4.69, 9.17) is 32.8 Å². The topological polar surface area (TPSA) is 71.4 Å². The number of halogens is 5. The predicted molar refractivity (Wildman–Crippen MR) is 135 cm³/mol. The molecule has 11 heteroatoms. The summed E-state index contributed by atoms with van der Waals surface area (Å²) in [5, 5.41) is 14.8. The van der Waals surface area contributed by atoms with Gasteiger partial charge in [0.05, 0.1) is 18.8 Å². The first-order valence-corrected chi connectivity index (χ1v) is 12.3. The summed E-state index contributed by atoms with van der Waals surface area (Å²) in [7, 11) is 0. The standard InChI is InChI=1S/C27H21Cl2F3N2O4/c28-21-10-20(11-22(29)12-21)26(27(30,31)32)13-23(33-38-26)18-6-8-19(9-7-18)25(36)15-34(16-25)24(35)37-14-17-4-2-1-3-5-17/h1-12,36H,13-16H2/t26-/m0/s1. The second-order valence-electron chi connectivity index (χ2n) is 9.29. The van der Waals surface area contributed by atoms with E-state index in [1.165, 1.54) is 11.0 Å². The molecule has 0 aliphatic carbocycles. The fourth-order valence-corrected chi connectivity index (χ4v) is 5.05. The maximum absolute atomic E-state index is 14.2. The fraction of sp³-hybridized carbons (Fsp3) is 0.259. The van der Waals surface area contributed by atoms with Gasteiger partial charge in [0.2, 0.25) is 0 Å². The van der Waals surface area contributed by atoms with Crippen molar-refractivity contribution in [1.29, 1.82) is 0 Å². The lowest BCUT2D eigenvalue weighted by Crippen LogP contribution is -2.61. The molecule has 38 heavy (non-hydrogen) atoms. The van der Waals surface area contributed by atoms with Crippen molar-refractivity contribution < 1.29 is 32.6 Å². The van der Waals surface area contributed by atoms with E-state index >= 15 is 0 Å². The van der Waals surface area contributed by atoms with Gasteiger partial charge in [-0.15, -0.1) is 0 Å². The normalized spacial score (nSPS) is 20.4. The lowest BCUT2D eigenvalue weighted by Gasteiger charge is -2.45. The van der Waals surface area contributed by atoms with Crippen LogP contribution in [0.1, 0.15) is 28.7 Å². The molecule has 0 spiro atoms. The third-order valence-corrected chi connectivity index (χ3v) is 7.07. The van der Waals surface area contributed by atoms with Crippen molar-refractivity contribution in [3.05, 3.63) is 105 Å². The summed E-state index contributed by atoms with van der Waals surface area (Å²) in [6, 6.07) is 19.2. The highest BCUT2D eigenvalue weighted by atomic mass is 35.5. The number of hydrogen-bond donors (Lipinski definition) is 1. The Balaban J connectivity index is 1.25. The molecule has 1 atom stereocenters. The molecule has 0 saturated carbocycles. The summed E-state index contributed by atoms with van der Waals surface area (Å²) in [4.78, 5) is 18.7. The van der Waals surface area contributed by atoms with Gasteiger partial charge in [-0.25, -0.2) is 4.79 Å². The van der Waals surface area contributed by atoms with Gasteiger partial charge in [-0.2, -0.15) is 13.2 Å². The number of amides is 1. The van der Waals surface area contributed by atoms with Crippen molar-refractivity contribution in [2.45, 2.75) is 30.4 Å². The first-order valence-electron chi connectivity index (χ1n) is 11.6. The molecule has 3 aromatic carbocycles. The molecule has 0 radical (unpaired) electrons. The van der Waals surface area contributed by atoms with Crippen LogP contribution in [0.2, 0.25) is 10.0 Å². The van der Waals surface area contributed by atoms with Gasteiger partial charge in [0.25, 0.3) is 5.60 Å². The number of β-amino-alcohol motifs (C(OH)–C–C–N with tert-alkyl or cyclic N) is 1. The number of aliphatic hydroxyl groups is 1. The number of oxime groups is 1. The van der Waals surface area contributed by atoms with Crippen molar-refractivity contribution in [2.75, 3.05) is 13.1 Å². The Morgan fingerprint density at radius 1 is 1.00 bits per heavy atom. The first kappa shape index (κ1) is 26.3. The Morgan fingerprint density at radius 3 is 2.24 bits per heavy atom. The van der Waals surface area contributed by atoms with Gasteiger partial charge in [0.15, 0.2) is 0 Å². The molecule has 0 aromatic heterocycles. The van der Waals surface area contributed by atoms with Crippen LogP contribution in [-0.2, 0) is 27.4 Å². The highest BCUT2D eigenvalue weighted by Gasteiger charge is 2.62. The van der Waals surface area contributed by atoms with E-state index < -0.39 is 29.9 Å². The van der Waals surface area contributed by atoms with E-state index in [0.29, 0.717) is 11.1 Å². The smallest absolute Gasteiger partial charge is 0.435 e. The Bertz CT molecular complexity index is 1360. The van der Waals surface area contributed by atoms with Crippen LogP contribution in [0.15, 0.2) is 78.0 Å². The lowest BCUT2D eigenvalue weighted by atomic mass is 9.84. The summed E-state index contributed by atoms with van der Waals surface area (Å²) < 4.78 is 47.9. The zero-order valence-electron chi connectivity index (χ0n) is 19.7. The van der Waals surface area contributed by atoms with Crippen LogP contribution in [0.4, 0.5) is 18.0 Å². The molecule has 2 aliphatic heterocycles. The summed E-state index contributed by atoms with van der Waals surface area (Å²) in [6.07, 6.45) is -5.93. The molecule has 2 heterocycles. The van der Waals surface area contributed by atoms with E-state index in [1.807, 2.05) is 30.3 Å². The van der Waals surface area contributed by atoms with Crippen molar-refractivity contribution in [2.24, 2.45) is 5.16 Å². The summed E-state index contributed by atoms with van der Waals surface area (Å²) in [5.74, 6) is 0. The molecular formula is C27H21Cl2F3N2O4. The molecule has 1 N–H and O–H groups in total. The van der Waals surface area contributed by atoms with Crippen LogP contribution >= 0.6 is 23.2 Å². The largest absolute Gasteiger partial charge is 0.445 e. The van der Waals surface area contributed by atoms with Gasteiger partial charge in [0.1, 0.15) is 12.2 Å². The van der Waals surface area contributed by atoms with Crippen molar-refractivity contribution in [3.8, 4) is 0 Å². The summed E-state index contributed by atoms with van der Waals surface area (Å²) in [5.41, 5.74) is -2.45. The second kappa shape index (κ2) is 9.80. The van der Waals surface area contributed by atoms with Crippen LogP contribution < -0.4 is 0 Å². The SMILES string of the molecule is O=C(OCc1ccccc1)N1CC(O)(c2ccc(C3=NO[C@@](c4cc(Cl)cc(Cl)c4)(C(F)(F)F)C3)cc2)C1. The van der Waals surface area contributed by atoms with E-state index in [2.05, 4.69) is 5.16 Å². The molecule has 0 bridgehead atoms. The molecular weight excluding hydrogens is 544 g/mol. The first-order chi connectivity index (χ1) is 18.0. The van der Waals surface area contributed by atoms with E-state index in [0.717, 1.165) is 17.7 Å². The van der Waals surface area contributed by atoms with Crippen LogP contribution in [0, 0.1) is 0 Å². The highest BCUT2D eigenvalue weighted by Crippen LogP contribution is 2.49. The number of ether oxygens (including phenoxy) is 1. The van der Waals surface area contributed by atoms with Gasteiger partial charge in [-0.1, -0.05) is 83.0 Å². The molecule has 5 rings (SSSR count). The zero-order valence-corrected chi connectivity index (χ0v) is 21.2. The predicted octanol–water partition coefficient (Wildman–Crippen LogP) is 6.42. The van der Waals surface area contributed by atoms with Crippen molar-refractivity contribution in [1.82, 2.24) is 4.90 Å². The molecule has 6 nitrogen and oxygen atoms in total. The minimum atomic E-state index is -4.80. The summed E-state index contributed by atoms with van der Waals surface area (Å²) in [6.45, 7) is 0.168. The van der Waals surface area contributed by atoms with Crippen LogP contribution in [0.5, 0.6) is 0 Å². The molecule has 1 saturated heterocycles. The maximum atomic E-state index is 14.2. The minimum absolute atomic E-state index is 0.0245. The number of carbonyl (C=O) groups excluding carboxylic acids is 1. The average molecular weight is 565 g/mol. The minimum Gasteiger partial charge on any atom is -0.445 e. The molecule has 3 aromatic rings. The van der Waals surface area contributed by atoms with Crippen molar-refractivity contribution in [3.63, 3.8) is 0 Å². The van der Waals surface area contributed by atoms with Gasteiger partial charge in [-0.3, -0.25) is 0 Å². The van der Waals surface area contributed by atoms with E-state index in [1.54, 1.807) is 24.3 Å². The summed E-state index contributed by atoms with van der Waals surface area (Å²) >= 11 is 11.9. The molecule has 1 amide bonds. The number of likely N-dealkylation sites (tertiary alicyclic amines) is 1.